The fourth-order valence-electron chi connectivity index (χ4n) is 1.71. The molecule has 1 aromatic carbocycles. The molecule has 0 atom stereocenters. The molecular weight excluding hydrogens is 259 g/mol. The van der Waals surface area contributed by atoms with Gasteiger partial charge in [-0.2, -0.15) is 5.26 Å². The number of nitriles is 1. The van der Waals surface area contributed by atoms with Gasteiger partial charge < -0.3 is 4.42 Å². The van der Waals surface area contributed by atoms with Gasteiger partial charge in [-0.05, 0) is 24.3 Å². The first-order valence-corrected chi connectivity index (χ1v) is 5.71. The molecule has 96 valence electrons. The van der Waals surface area contributed by atoms with E-state index in [0.717, 1.165) is 0 Å². The molecule has 3 rings (SSSR count). The Morgan fingerprint density at radius 3 is 2.60 bits per heavy atom. The lowest BCUT2D eigenvalue weighted by Gasteiger charge is -2.03. The molecule has 3 aromatic rings. The van der Waals surface area contributed by atoms with E-state index >= 15 is 0 Å². The Balaban J connectivity index is 2.13. The van der Waals surface area contributed by atoms with Crippen LogP contribution in [-0.4, -0.2) is 15.0 Å². The van der Waals surface area contributed by atoms with Crippen LogP contribution in [0, 0.1) is 17.1 Å². The van der Waals surface area contributed by atoms with E-state index in [1.165, 1.54) is 30.8 Å². The molecule has 0 amide bonds. The van der Waals surface area contributed by atoms with Crippen LogP contribution in [0.15, 0.2) is 47.3 Å². The third-order valence-corrected chi connectivity index (χ3v) is 2.65. The molecule has 6 heteroatoms. The number of halogens is 1. The Morgan fingerprint density at radius 2 is 1.95 bits per heavy atom. The van der Waals surface area contributed by atoms with E-state index in [1.807, 2.05) is 6.07 Å². The third-order valence-electron chi connectivity index (χ3n) is 2.65. The highest BCUT2D eigenvalue weighted by Crippen LogP contribution is 2.22. The fraction of sp³-hybridized carbons (Fsp3) is 0. The van der Waals surface area contributed by atoms with Crippen LogP contribution < -0.4 is 0 Å². The number of benzene rings is 1. The van der Waals surface area contributed by atoms with Gasteiger partial charge in [0.1, 0.15) is 29.4 Å². The second-order valence-electron chi connectivity index (χ2n) is 3.91. The summed E-state index contributed by atoms with van der Waals surface area (Å²) in [6, 6.07) is 7.76. The molecule has 2 heterocycles. The lowest BCUT2D eigenvalue weighted by atomic mass is 10.2. The topological polar surface area (TPSA) is 75.6 Å². The highest BCUT2D eigenvalue weighted by atomic mass is 19.1. The standard InChI is InChI=1S/C14H7FN4O/c15-11-3-1-9(2-4-11)13-18-8-10(7-16)12(19-13)14-17-5-6-20-14/h1-6,8H. The predicted molar refractivity (Wildman–Crippen MR) is 67.6 cm³/mol. The number of nitrogens with zero attached hydrogens (tertiary/aromatic N) is 4. The van der Waals surface area contributed by atoms with E-state index in [9.17, 15) is 4.39 Å². The summed E-state index contributed by atoms with van der Waals surface area (Å²) in [6.45, 7) is 0. The fourth-order valence-corrected chi connectivity index (χ4v) is 1.71. The van der Waals surface area contributed by atoms with Crippen LogP contribution in [0.2, 0.25) is 0 Å². The van der Waals surface area contributed by atoms with Crippen LogP contribution >= 0.6 is 0 Å². The Labute approximate surface area is 113 Å². The van der Waals surface area contributed by atoms with Crippen molar-refractivity contribution >= 4 is 0 Å². The van der Waals surface area contributed by atoms with Gasteiger partial charge in [-0.1, -0.05) is 0 Å². The summed E-state index contributed by atoms with van der Waals surface area (Å²) in [7, 11) is 0. The molecule has 2 aromatic heterocycles. The summed E-state index contributed by atoms with van der Waals surface area (Å²) in [6.07, 6.45) is 4.26. The second-order valence-corrected chi connectivity index (χ2v) is 3.91. The minimum atomic E-state index is -0.338. The maximum atomic E-state index is 12.9. The van der Waals surface area contributed by atoms with Crippen molar-refractivity contribution < 1.29 is 8.81 Å². The molecule has 0 radical (unpaired) electrons. The van der Waals surface area contributed by atoms with E-state index in [2.05, 4.69) is 15.0 Å². The van der Waals surface area contributed by atoms with Crippen LogP contribution in [-0.2, 0) is 0 Å². The van der Waals surface area contributed by atoms with Gasteiger partial charge >= 0.3 is 0 Å². The maximum absolute atomic E-state index is 12.9. The van der Waals surface area contributed by atoms with Crippen molar-refractivity contribution in [2.75, 3.05) is 0 Å². The zero-order valence-electron chi connectivity index (χ0n) is 10.1. The summed E-state index contributed by atoms with van der Waals surface area (Å²) in [4.78, 5) is 12.3. The van der Waals surface area contributed by atoms with Crippen molar-refractivity contribution in [1.82, 2.24) is 15.0 Å². The van der Waals surface area contributed by atoms with Crippen molar-refractivity contribution in [3.05, 3.63) is 54.3 Å². The molecule has 0 aliphatic rings. The van der Waals surface area contributed by atoms with Gasteiger partial charge in [0, 0.05) is 11.8 Å². The number of hydrogen-bond acceptors (Lipinski definition) is 5. The van der Waals surface area contributed by atoms with Crippen molar-refractivity contribution in [1.29, 1.82) is 5.26 Å². The molecular formula is C14H7FN4O. The highest BCUT2D eigenvalue weighted by molar-refractivity contribution is 5.63. The average molecular weight is 266 g/mol. The highest BCUT2D eigenvalue weighted by Gasteiger charge is 2.14. The predicted octanol–water partition coefficient (Wildman–Crippen LogP) is 2.81. The summed E-state index contributed by atoms with van der Waals surface area (Å²) >= 11 is 0. The Morgan fingerprint density at radius 1 is 1.15 bits per heavy atom. The van der Waals surface area contributed by atoms with E-state index in [1.54, 1.807) is 12.1 Å². The normalized spacial score (nSPS) is 10.2. The van der Waals surface area contributed by atoms with Gasteiger partial charge in [-0.15, -0.1) is 0 Å². The summed E-state index contributed by atoms with van der Waals surface area (Å²) < 4.78 is 18.1. The molecule has 0 aliphatic heterocycles. The lowest BCUT2D eigenvalue weighted by molar-refractivity contribution is 0.571. The Hall–Kier alpha value is -3.07. The van der Waals surface area contributed by atoms with Crippen LogP contribution in [0.5, 0.6) is 0 Å². The third kappa shape index (κ3) is 2.12. The van der Waals surface area contributed by atoms with Crippen molar-refractivity contribution in [2.45, 2.75) is 0 Å². The van der Waals surface area contributed by atoms with Crippen LogP contribution in [0.25, 0.3) is 23.0 Å². The van der Waals surface area contributed by atoms with Gasteiger partial charge in [0.15, 0.2) is 5.82 Å². The second kappa shape index (κ2) is 4.90. The molecule has 0 aliphatic carbocycles. The molecule has 5 nitrogen and oxygen atoms in total. The first kappa shape index (κ1) is 12.0. The minimum absolute atomic E-state index is 0.243. The van der Waals surface area contributed by atoms with Crippen molar-refractivity contribution in [3.63, 3.8) is 0 Å². The monoisotopic (exact) mass is 266 g/mol. The average Bonchev–Trinajstić information content (AvgIpc) is 3.01. The van der Waals surface area contributed by atoms with E-state index < -0.39 is 0 Å². The first-order chi connectivity index (χ1) is 9.78. The largest absolute Gasteiger partial charge is 0.443 e. The summed E-state index contributed by atoms with van der Waals surface area (Å²) in [5.41, 5.74) is 1.22. The molecule has 0 N–H and O–H groups in total. The molecule has 20 heavy (non-hydrogen) atoms. The summed E-state index contributed by atoms with van der Waals surface area (Å²) in [5.74, 6) is 0.278. The SMILES string of the molecule is N#Cc1cnc(-c2ccc(F)cc2)nc1-c1ncco1. The molecule has 0 bridgehead atoms. The van der Waals surface area contributed by atoms with E-state index in [-0.39, 0.29) is 17.3 Å². The molecule has 0 spiro atoms. The van der Waals surface area contributed by atoms with Crippen LogP contribution in [0.1, 0.15) is 5.56 Å². The first-order valence-electron chi connectivity index (χ1n) is 5.71. The number of aromatic nitrogens is 3. The van der Waals surface area contributed by atoms with Crippen molar-refractivity contribution in [2.24, 2.45) is 0 Å². The quantitative estimate of drug-likeness (QED) is 0.712. The molecule has 0 saturated carbocycles. The van der Waals surface area contributed by atoms with E-state index in [4.69, 9.17) is 9.68 Å². The smallest absolute Gasteiger partial charge is 0.246 e. The van der Waals surface area contributed by atoms with Crippen molar-refractivity contribution in [3.8, 4) is 29.0 Å². The van der Waals surface area contributed by atoms with Crippen LogP contribution in [0.4, 0.5) is 4.39 Å². The zero-order chi connectivity index (χ0) is 13.9. The number of hydrogen-bond donors (Lipinski definition) is 0. The number of rotatable bonds is 2. The van der Waals surface area contributed by atoms with Crippen LogP contribution in [0.3, 0.4) is 0 Å². The zero-order valence-corrected chi connectivity index (χ0v) is 10.1. The Bertz CT molecular complexity index is 776. The summed E-state index contributed by atoms with van der Waals surface area (Å²) in [5, 5.41) is 9.07. The van der Waals surface area contributed by atoms with Gasteiger partial charge in [-0.3, -0.25) is 0 Å². The molecule has 0 fully saturated rings. The molecule has 0 unspecified atom stereocenters. The van der Waals surface area contributed by atoms with Gasteiger partial charge in [0.25, 0.3) is 0 Å². The lowest BCUT2D eigenvalue weighted by Crippen LogP contribution is -1.96. The van der Waals surface area contributed by atoms with Gasteiger partial charge in [0.05, 0.1) is 6.20 Å². The maximum Gasteiger partial charge on any atom is 0.246 e. The van der Waals surface area contributed by atoms with Gasteiger partial charge in [-0.25, -0.2) is 19.3 Å². The Kier molecular flexibility index (Phi) is 2.94. The van der Waals surface area contributed by atoms with Gasteiger partial charge in [0.2, 0.25) is 5.89 Å². The van der Waals surface area contributed by atoms with E-state index in [0.29, 0.717) is 17.1 Å². The molecule has 0 saturated heterocycles. The minimum Gasteiger partial charge on any atom is -0.443 e. The number of oxazole rings is 1.